The number of nitrogens with zero attached hydrogens (tertiary/aromatic N) is 1. The van der Waals surface area contributed by atoms with Crippen LogP contribution in [0.3, 0.4) is 0 Å². The van der Waals surface area contributed by atoms with E-state index < -0.39 is 58.8 Å². The third-order valence-electron chi connectivity index (χ3n) is 17.2. The third kappa shape index (κ3) is 8.01. The van der Waals surface area contributed by atoms with E-state index in [4.69, 9.17) is 28.4 Å². The minimum Gasteiger partial charge on any atom is -0.455 e. The van der Waals surface area contributed by atoms with Gasteiger partial charge in [0.2, 0.25) is 0 Å². The summed E-state index contributed by atoms with van der Waals surface area (Å²) in [4.78, 5) is 31.2. The molecule has 5 saturated carbocycles. The predicted octanol–water partition coefficient (Wildman–Crippen LogP) is 8.31. The Morgan fingerprint density at radius 1 is 0.774 bits per heavy atom. The van der Waals surface area contributed by atoms with Crippen LogP contribution in [-0.2, 0) is 33.2 Å². The Bertz CT molecular complexity index is 1610. The van der Waals surface area contributed by atoms with E-state index in [2.05, 4.69) is 18.7 Å². The van der Waals surface area contributed by atoms with Crippen LogP contribution in [0.1, 0.15) is 153 Å². The standard InChI is InChI=1S/C51H81NO10/c1-7-9-10-11-12-13-14-15-16-17-18-19-20-21-22-26-29-38(53)62-51-39-36(32-49(56,46(60-6)44(51)54)45(39)61-47(55)35-27-24-23-25-28-35)50-37(58-4)30-31-48(34-57-3)33-52(8-2)43(50)40(51)41(59-5)42(48)50/h23-25,27-28,36-37,39-46,54,56H,7-22,26,29-34H2,1-6H3/t36-,37+,39-,40+,41+,42-,43?,44+,45-,46+,48+,49-,50+,51-/m1/s1. The van der Waals surface area contributed by atoms with Crippen LogP contribution < -0.4 is 0 Å². The van der Waals surface area contributed by atoms with Gasteiger partial charge in [0.15, 0.2) is 5.60 Å². The Morgan fingerprint density at radius 2 is 1.39 bits per heavy atom. The number of carbonyl (C=O) groups is 2. The van der Waals surface area contributed by atoms with Gasteiger partial charge < -0.3 is 38.6 Å². The predicted molar refractivity (Wildman–Crippen MR) is 238 cm³/mol. The van der Waals surface area contributed by atoms with Gasteiger partial charge in [-0.3, -0.25) is 9.69 Å². The summed E-state index contributed by atoms with van der Waals surface area (Å²) in [5, 5.41) is 26.1. The van der Waals surface area contributed by atoms with Crippen LogP contribution in [0.4, 0.5) is 0 Å². The van der Waals surface area contributed by atoms with Crippen molar-refractivity contribution in [3.63, 3.8) is 0 Å². The zero-order valence-corrected chi connectivity index (χ0v) is 39.0. The van der Waals surface area contributed by atoms with Crippen molar-refractivity contribution in [2.45, 2.75) is 190 Å². The molecule has 1 aromatic carbocycles. The molecule has 0 amide bonds. The lowest BCUT2D eigenvalue weighted by Crippen LogP contribution is -2.81. The number of ether oxygens (including phenoxy) is 6. The van der Waals surface area contributed by atoms with Crippen LogP contribution >= 0.6 is 0 Å². The van der Waals surface area contributed by atoms with E-state index in [1.54, 1.807) is 45.6 Å². The number of piperidine rings is 1. The number of hydrogen-bond donors (Lipinski definition) is 2. The smallest absolute Gasteiger partial charge is 0.338 e. The lowest BCUT2D eigenvalue weighted by molar-refractivity contribution is -0.318. The van der Waals surface area contributed by atoms with Gasteiger partial charge in [0.05, 0.1) is 24.4 Å². The van der Waals surface area contributed by atoms with Gasteiger partial charge >= 0.3 is 11.9 Å². The summed E-state index contributed by atoms with van der Waals surface area (Å²) in [6.45, 7) is 6.43. The molecule has 350 valence electrons. The van der Waals surface area contributed by atoms with Crippen molar-refractivity contribution in [1.29, 1.82) is 0 Å². The molecule has 5 aliphatic carbocycles. The van der Waals surface area contributed by atoms with Crippen molar-refractivity contribution in [2.75, 3.05) is 48.1 Å². The minimum atomic E-state index is -1.77. The first kappa shape index (κ1) is 47.8. The number of methoxy groups -OCH3 is 4. The van der Waals surface area contributed by atoms with Gasteiger partial charge in [-0.15, -0.1) is 0 Å². The normalized spacial score (nSPS) is 38.9. The molecule has 7 rings (SSSR count). The number of benzene rings is 1. The number of hydrogen-bond acceptors (Lipinski definition) is 11. The largest absolute Gasteiger partial charge is 0.455 e. The van der Waals surface area contributed by atoms with E-state index in [1.165, 1.54) is 84.2 Å². The molecule has 6 fully saturated rings. The maximum absolute atomic E-state index is 14.6. The van der Waals surface area contributed by atoms with E-state index in [9.17, 15) is 19.8 Å². The van der Waals surface area contributed by atoms with E-state index in [0.717, 1.165) is 45.2 Å². The molecule has 14 atom stereocenters. The number of aliphatic hydroxyl groups excluding tert-OH is 1. The van der Waals surface area contributed by atoms with Gasteiger partial charge in [-0.05, 0) is 50.3 Å². The topological polar surface area (TPSA) is 133 Å². The van der Waals surface area contributed by atoms with Gasteiger partial charge in [-0.2, -0.15) is 0 Å². The molecular formula is C51H81NO10. The van der Waals surface area contributed by atoms with Crippen molar-refractivity contribution >= 4 is 11.9 Å². The number of rotatable bonds is 26. The van der Waals surface area contributed by atoms with Crippen LogP contribution in [0.25, 0.3) is 0 Å². The number of aliphatic hydroxyl groups is 2. The Kier molecular flexibility index (Phi) is 15.9. The van der Waals surface area contributed by atoms with Gasteiger partial charge in [-0.1, -0.05) is 128 Å². The van der Waals surface area contributed by atoms with Crippen LogP contribution in [0.5, 0.6) is 0 Å². The number of fused-ring (bicyclic) bond motifs is 2. The Balaban J connectivity index is 1.13. The van der Waals surface area contributed by atoms with Crippen LogP contribution in [0, 0.1) is 34.5 Å². The number of carbonyl (C=O) groups excluding carboxylic acids is 2. The zero-order chi connectivity index (χ0) is 44.1. The zero-order valence-electron chi connectivity index (χ0n) is 39.0. The van der Waals surface area contributed by atoms with Crippen molar-refractivity contribution in [3.05, 3.63) is 35.9 Å². The first-order chi connectivity index (χ1) is 30.1. The highest BCUT2D eigenvalue weighted by molar-refractivity contribution is 5.89. The molecular weight excluding hydrogens is 787 g/mol. The molecule has 2 N–H and O–H groups in total. The maximum atomic E-state index is 14.6. The summed E-state index contributed by atoms with van der Waals surface area (Å²) in [5.74, 6) is -2.76. The highest BCUT2D eigenvalue weighted by atomic mass is 16.6. The van der Waals surface area contributed by atoms with Gasteiger partial charge in [-0.25, -0.2) is 4.79 Å². The maximum Gasteiger partial charge on any atom is 0.338 e. The molecule has 7 bridgehead atoms. The third-order valence-corrected chi connectivity index (χ3v) is 17.2. The molecule has 0 aromatic heterocycles. The molecule has 1 aliphatic heterocycles. The van der Waals surface area contributed by atoms with Crippen LogP contribution in [0.15, 0.2) is 30.3 Å². The van der Waals surface area contributed by atoms with Crippen molar-refractivity contribution in [3.8, 4) is 0 Å². The minimum absolute atomic E-state index is 0.107. The Morgan fingerprint density at radius 3 is 1.94 bits per heavy atom. The van der Waals surface area contributed by atoms with Crippen molar-refractivity contribution in [1.82, 2.24) is 4.90 Å². The fourth-order valence-electron chi connectivity index (χ4n) is 15.2. The Labute approximate surface area is 372 Å². The second-order valence-corrected chi connectivity index (χ2v) is 20.3. The molecule has 6 aliphatic rings. The van der Waals surface area contributed by atoms with Crippen molar-refractivity contribution in [2.24, 2.45) is 34.5 Å². The number of esters is 2. The monoisotopic (exact) mass is 868 g/mol. The molecule has 1 heterocycles. The molecule has 1 saturated heterocycles. The fraction of sp³-hybridized carbons (Fsp3) is 0.843. The lowest BCUT2D eigenvalue weighted by Gasteiger charge is -2.69. The summed E-state index contributed by atoms with van der Waals surface area (Å²) in [5.41, 5.74) is -3.96. The molecule has 11 heteroatoms. The highest BCUT2D eigenvalue weighted by Crippen LogP contribution is 2.80. The van der Waals surface area contributed by atoms with E-state index in [1.807, 2.05) is 6.07 Å². The van der Waals surface area contributed by atoms with E-state index in [0.29, 0.717) is 18.6 Å². The van der Waals surface area contributed by atoms with Gasteiger partial charge in [0.1, 0.15) is 23.9 Å². The Hall–Kier alpha value is -2.12. The number of likely N-dealkylation sites (tertiary alicyclic amines) is 1. The SMILES string of the molecule is CCCCCCCCCCCCCCCCCCC(=O)O[C@]12[C@H]3[C@@H](OC(=O)c4ccccc4)[C@](O)(C[C@H]3[C@@]34C5[C@@H]1[C@H](OC)[C@@H]3[C@@](COC)(CC[C@@H]4OC)CN5CC)[C@@H](OC)[C@@H]2O. The average molecular weight is 868 g/mol. The first-order valence-corrected chi connectivity index (χ1v) is 24.8. The lowest BCUT2D eigenvalue weighted by atomic mass is 9.43. The highest BCUT2D eigenvalue weighted by Gasteiger charge is 2.91. The second kappa shape index (κ2) is 20.6. The molecule has 11 nitrogen and oxygen atoms in total. The summed E-state index contributed by atoms with van der Waals surface area (Å²) in [6, 6.07) is 8.57. The fourth-order valence-corrected chi connectivity index (χ4v) is 15.2. The van der Waals surface area contributed by atoms with Crippen LogP contribution in [0.2, 0.25) is 0 Å². The van der Waals surface area contributed by atoms with Crippen LogP contribution in [-0.4, -0.2) is 123 Å². The molecule has 1 aromatic rings. The van der Waals surface area contributed by atoms with Crippen molar-refractivity contribution < 1.29 is 48.2 Å². The molecule has 0 radical (unpaired) electrons. The summed E-state index contributed by atoms with van der Waals surface area (Å²) in [7, 11) is 6.74. The quantitative estimate of drug-likeness (QED) is 0.0689. The van der Waals surface area contributed by atoms with Gasteiger partial charge in [0, 0.05) is 76.0 Å². The summed E-state index contributed by atoms with van der Waals surface area (Å²) < 4.78 is 39.1. The van der Waals surface area contributed by atoms with Gasteiger partial charge in [0.25, 0.3) is 0 Å². The van der Waals surface area contributed by atoms with E-state index in [-0.39, 0.29) is 48.2 Å². The summed E-state index contributed by atoms with van der Waals surface area (Å²) >= 11 is 0. The summed E-state index contributed by atoms with van der Waals surface area (Å²) in [6.07, 6.45) is 17.4. The second-order valence-electron chi connectivity index (χ2n) is 20.3. The molecule has 1 spiro atoms. The van der Waals surface area contributed by atoms with E-state index >= 15 is 0 Å². The molecule has 1 unspecified atom stereocenters. The average Bonchev–Trinajstić information content (AvgIpc) is 3.65. The number of unbranched alkanes of at least 4 members (excludes halogenated alkanes) is 15. The first-order valence-electron chi connectivity index (χ1n) is 24.8. The molecule has 62 heavy (non-hydrogen) atoms.